The SMILES string of the molecule is O=C1C[C@H](c2ccc(NC(=O)C(F)(F)F)cc2)C(=O)N1c1ccc(OC(F)(F)F)cc1. The lowest BCUT2D eigenvalue weighted by molar-refractivity contribution is -0.274. The van der Waals surface area contributed by atoms with Gasteiger partial charge in [0.1, 0.15) is 5.75 Å². The molecule has 1 saturated heterocycles. The minimum Gasteiger partial charge on any atom is -0.406 e. The van der Waals surface area contributed by atoms with Crippen LogP contribution in [-0.2, 0) is 14.4 Å². The second-order valence-corrected chi connectivity index (χ2v) is 6.44. The molecule has 1 aliphatic rings. The zero-order valence-corrected chi connectivity index (χ0v) is 15.3. The number of anilines is 2. The number of carbonyl (C=O) groups excluding carboxylic acids is 3. The quantitative estimate of drug-likeness (QED) is 0.566. The summed E-state index contributed by atoms with van der Waals surface area (Å²) in [6.07, 6.45) is -10.2. The number of halogens is 6. The Morgan fingerprint density at radius 3 is 2.03 bits per heavy atom. The van der Waals surface area contributed by atoms with E-state index in [4.69, 9.17) is 0 Å². The highest BCUT2D eigenvalue weighted by atomic mass is 19.4. The van der Waals surface area contributed by atoms with Crippen molar-refractivity contribution >= 4 is 29.1 Å². The number of nitrogens with one attached hydrogen (secondary N) is 1. The van der Waals surface area contributed by atoms with Crippen molar-refractivity contribution < 1.29 is 45.5 Å². The number of carbonyl (C=O) groups is 3. The van der Waals surface area contributed by atoms with Crippen LogP contribution in [0.25, 0.3) is 0 Å². The molecule has 2 aromatic carbocycles. The molecule has 0 aromatic heterocycles. The summed E-state index contributed by atoms with van der Waals surface area (Å²) < 4.78 is 77.4. The summed E-state index contributed by atoms with van der Waals surface area (Å²) in [5.41, 5.74) is 0.212. The van der Waals surface area contributed by atoms with Gasteiger partial charge in [0, 0.05) is 12.1 Å². The average molecular weight is 446 g/mol. The number of rotatable bonds is 4. The maximum absolute atomic E-state index is 12.7. The van der Waals surface area contributed by atoms with Gasteiger partial charge in [-0.15, -0.1) is 13.2 Å². The number of amides is 3. The fourth-order valence-corrected chi connectivity index (χ4v) is 2.96. The maximum atomic E-state index is 12.7. The number of alkyl halides is 6. The van der Waals surface area contributed by atoms with Gasteiger partial charge in [-0.3, -0.25) is 19.3 Å². The number of hydrogen-bond acceptors (Lipinski definition) is 4. The van der Waals surface area contributed by atoms with Crippen molar-refractivity contribution in [2.75, 3.05) is 10.2 Å². The van der Waals surface area contributed by atoms with E-state index in [1.807, 2.05) is 0 Å². The molecule has 3 rings (SSSR count). The van der Waals surface area contributed by atoms with Crippen LogP contribution in [0.3, 0.4) is 0 Å². The third-order valence-electron chi connectivity index (χ3n) is 4.30. The second-order valence-electron chi connectivity index (χ2n) is 6.44. The topological polar surface area (TPSA) is 75.7 Å². The monoisotopic (exact) mass is 446 g/mol. The normalized spacial score (nSPS) is 17.1. The smallest absolute Gasteiger partial charge is 0.406 e. The summed E-state index contributed by atoms with van der Waals surface area (Å²) in [4.78, 5) is 36.8. The van der Waals surface area contributed by atoms with Crippen LogP contribution in [0.5, 0.6) is 5.75 Å². The fourth-order valence-electron chi connectivity index (χ4n) is 2.96. The molecule has 12 heteroatoms. The predicted octanol–water partition coefficient (Wildman–Crippen LogP) is 4.13. The van der Waals surface area contributed by atoms with Crippen molar-refractivity contribution in [1.82, 2.24) is 0 Å². The Bertz CT molecular complexity index is 1000. The van der Waals surface area contributed by atoms with Gasteiger partial charge in [-0.1, -0.05) is 12.1 Å². The van der Waals surface area contributed by atoms with Crippen LogP contribution in [0.2, 0.25) is 0 Å². The van der Waals surface area contributed by atoms with Gasteiger partial charge < -0.3 is 10.1 Å². The van der Waals surface area contributed by atoms with Crippen LogP contribution < -0.4 is 15.0 Å². The van der Waals surface area contributed by atoms with Gasteiger partial charge in [-0.25, -0.2) is 0 Å². The Morgan fingerprint density at radius 2 is 1.52 bits per heavy atom. The van der Waals surface area contributed by atoms with Gasteiger partial charge in [-0.05, 0) is 42.0 Å². The molecule has 0 spiro atoms. The van der Waals surface area contributed by atoms with Gasteiger partial charge in [0.25, 0.3) is 0 Å². The highest BCUT2D eigenvalue weighted by molar-refractivity contribution is 6.22. The molecule has 0 unspecified atom stereocenters. The first-order valence-corrected chi connectivity index (χ1v) is 8.56. The minimum atomic E-state index is -5.06. The van der Waals surface area contributed by atoms with Crippen LogP contribution in [-0.4, -0.2) is 30.3 Å². The molecule has 3 amide bonds. The number of hydrogen-bond donors (Lipinski definition) is 1. The molecule has 0 radical (unpaired) electrons. The molecule has 1 fully saturated rings. The summed E-state index contributed by atoms with van der Waals surface area (Å²) in [7, 11) is 0. The van der Waals surface area contributed by atoms with Gasteiger partial charge in [0.2, 0.25) is 11.8 Å². The number of ether oxygens (including phenoxy) is 1. The van der Waals surface area contributed by atoms with E-state index in [2.05, 4.69) is 4.74 Å². The molecule has 6 nitrogen and oxygen atoms in total. The Kier molecular flexibility index (Phi) is 5.66. The Hall–Kier alpha value is -3.57. The maximum Gasteiger partial charge on any atom is 0.573 e. The van der Waals surface area contributed by atoms with Gasteiger partial charge in [-0.2, -0.15) is 13.2 Å². The van der Waals surface area contributed by atoms with Crippen LogP contribution in [0.15, 0.2) is 48.5 Å². The summed E-state index contributed by atoms with van der Waals surface area (Å²) in [6, 6.07) is 9.05. The zero-order chi connectivity index (χ0) is 23.0. The van der Waals surface area contributed by atoms with Crippen LogP contribution >= 0.6 is 0 Å². The summed E-state index contributed by atoms with van der Waals surface area (Å²) in [5.74, 6) is -4.87. The third-order valence-corrected chi connectivity index (χ3v) is 4.30. The molecule has 0 bridgehead atoms. The summed E-state index contributed by atoms with van der Waals surface area (Å²) in [6.45, 7) is 0. The number of nitrogens with zero attached hydrogens (tertiary/aromatic N) is 1. The van der Waals surface area contributed by atoms with E-state index >= 15 is 0 Å². The Balaban J connectivity index is 1.73. The van der Waals surface area contributed by atoms with Crippen molar-refractivity contribution in [1.29, 1.82) is 0 Å². The van der Waals surface area contributed by atoms with E-state index in [-0.39, 0.29) is 17.8 Å². The van der Waals surface area contributed by atoms with E-state index < -0.39 is 41.9 Å². The molecule has 2 aromatic rings. The fraction of sp³-hybridized carbons (Fsp3) is 0.211. The summed E-state index contributed by atoms with van der Waals surface area (Å²) in [5, 5.41) is 1.66. The molecule has 1 aliphatic heterocycles. The van der Waals surface area contributed by atoms with Crippen LogP contribution in [0.1, 0.15) is 17.9 Å². The van der Waals surface area contributed by atoms with E-state index in [0.29, 0.717) is 5.56 Å². The largest absolute Gasteiger partial charge is 0.573 e. The lowest BCUT2D eigenvalue weighted by Gasteiger charge is -2.16. The van der Waals surface area contributed by atoms with Crippen molar-refractivity contribution in [3.8, 4) is 5.75 Å². The van der Waals surface area contributed by atoms with Crippen molar-refractivity contribution in [3.05, 3.63) is 54.1 Å². The van der Waals surface area contributed by atoms with Crippen molar-refractivity contribution in [3.63, 3.8) is 0 Å². The lowest BCUT2D eigenvalue weighted by Crippen LogP contribution is -2.30. The first-order valence-electron chi connectivity index (χ1n) is 8.56. The first kappa shape index (κ1) is 22.1. The standard InChI is InChI=1S/C19H12F6N2O4/c20-18(21,22)17(30)26-11-3-1-10(2-4-11)14-9-15(28)27(16(14)29)12-5-7-13(8-6-12)31-19(23,24)25/h1-8,14H,9H2,(H,26,30)/t14-/m1/s1. The lowest BCUT2D eigenvalue weighted by atomic mass is 9.97. The first-order chi connectivity index (χ1) is 14.3. The minimum absolute atomic E-state index is 0.0427. The van der Waals surface area contributed by atoms with Gasteiger partial charge >= 0.3 is 18.4 Å². The van der Waals surface area contributed by atoms with Gasteiger partial charge in [0.15, 0.2) is 0 Å². The molecule has 1 heterocycles. The van der Waals surface area contributed by atoms with E-state index in [0.717, 1.165) is 41.3 Å². The third kappa shape index (κ3) is 5.13. The molecule has 1 N–H and O–H groups in total. The number of imide groups is 1. The highest BCUT2D eigenvalue weighted by Gasteiger charge is 2.41. The van der Waals surface area contributed by atoms with Crippen molar-refractivity contribution in [2.24, 2.45) is 0 Å². The molecule has 0 saturated carbocycles. The molecule has 1 atom stereocenters. The number of benzene rings is 2. The second kappa shape index (κ2) is 7.93. The zero-order valence-electron chi connectivity index (χ0n) is 15.3. The van der Waals surface area contributed by atoms with Crippen LogP contribution in [0.4, 0.5) is 37.7 Å². The van der Waals surface area contributed by atoms with Crippen LogP contribution in [0, 0.1) is 0 Å². The van der Waals surface area contributed by atoms with E-state index in [1.54, 1.807) is 5.32 Å². The Labute approximate surface area is 170 Å². The predicted molar refractivity (Wildman–Crippen MR) is 94.1 cm³/mol. The van der Waals surface area contributed by atoms with Gasteiger partial charge in [0.05, 0.1) is 11.6 Å². The highest BCUT2D eigenvalue weighted by Crippen LogP contribution is 2.35. The molecular formula is C19H12F6N2O4. The summed E-state index contributed by atoms with van der Waals surface area (Å²) >= 11 is 0. The Morgan fingerprint density at radius 1 is 0.935 bits per heavy atom. The molecule has 164 valence electrons. The van der Waals surface area contributed by atoms with E-state index in [1.165, 1.54) is 12.1 Å². The molecule has 31 heavy (non-hydrogen) atoms. The molecule has 0 aliphatic carbocycles. The average Bonchev–Trinajstić information content (AvgIpc) is 2.95. The van der Waals surface area contributed by atoms with Crippen molar-refractivity contribution in [2.45, 2.75) is 24.9 Å². The van der Waals surface area contributed by atoms with E-state index in [9.17, 15) is 40.7 Å². The molecular weight excluding hydrogens is 434 g/mol.